The van der Waals surface area contributed by atoms with Gasteiger partial charge < -0.3 is 14.8 Å². The molecule has 3 rings (SSSR count). The van der Waals surface area contributed by atoms with Crippen LogP contribution in [0.2, 0.25) is 10.0 Å². The number of para-hydroxylation sites is 2. The third-order valence-electron chi connectivity index (χ3n) is 3.48. The molecule has 0 bridgehead atoms. The zero-order chi connectivity index (χ0) is 17.3. The number of ether oxygens (including phenoxy) is 2. The van der Waals surface area contributed by atoms with Gasteiger partial charge in [-0.2, -0.15) is 0 Å². The molecule has 7 heteroatoms. The summed E-state index contributed by atoms with van der Waals surface area (Å²) in [6, 6.07) is 10.7. The highest BCUT2D eigenvalue weighted by molar-refractivity contribution is 7.22. The largest absolute Gasteiger partial charge is 0.495 e. The first kappa shape index (κ1) is 16.9. The molecule has 4 nitrogen and oxygen atoms in total. The van der Waals surface area contributed by atoms with E-state index < -0.39 is 0 Å². The molecule has 0 aliphatic carbocycles. The summed E-state index contributed by atoms with van der Waals surface area (Å²) >= 11 is 13.9. The number of amides is 1. The molecule has 3 aromatic rings. The average molecular weight is 382 g/mol. The first-order chi connectivity index (χ1) is 11.6. The summed E-state index contributed by atoms with van der Waals surface area (Å²) in [5.41, 5.74) is 0.571. The molecule has 1 aromatic heterocycles. The number of carbonyl (C=O) groups is 1. The van der Waals surface area contributed by atoms with Crippen LogP contribution in [-0.4, -0.2) is 20.1 Å². The Morgan fingerprint density at radius 2 is 1.71 bits per heavy atom. The standard InChI is InChI=1S/C17H13Cl2NO3S/c1-22-11-6-4-3-5-10(11)20-17(21)16-13(18)9-7-8-12(23-2)14(19)15(9)24-16/h3-8H,1-2H3,(H,20,21). The first-order valence-corrected chi connectivity index (χ1v) is 8.53. The van der Waals surface area contributed by atoms with Crippen LogP contribution in [0.4, 0.5) is 5.69 Å². The van der Waals surface area contributed by atoms with Crippen molar-refractivity contribution in [3.8, 4) is 11.5 Å². The number of methoxy groups -OCH3 is 2. The molecule has 1 N–H and O–H groups in total. The minimum absolute atomic E-state index is 0.319. The SMILES string of the molecule is COc1ccccc1NC(=O)c1sc2c(Cl)c(OC)ccc2c1Cl. The van der Waals surface area contributed by atoms with Gasteiger partial charge >= 0.3 is 0 Å². The number of hydrogen-bond donors (Lipinski definition) is 1. The lowest BCUT2D eigenvalue weighted by molar-refractivity contribution is 0.103. The lowest BCUT2D eigenvalue weighted by atomic mass is 10.2. The fourth-order valence-electron chi connectivity index (χ4n) is 2.31. The summed E-state index contributed by atoms with van der Waals surface area (Å²) < 4.78 is 11.2. The highest BCUT2D eigenvalue weighted by Crippen LogP contribution is 2.43. The molecule has 0 unspecified atom stereocenters. The number of rotatable bonds is 4. The van der Waals surface area contributed by atoms with E-state index in [0.29, 0.717) is 36.8 Å². The van der Waals surface area contributed by atoms with E-state index in [-0.39, 0.29) is 5.91 Å². The van der Waals surface area contributed by atoms with Crippen molar-refractivity contribution in [3.05, 3.63) is 51.3 Å². The Hall–Kier alpha value is -1.95. The second-order valence-electron chi connectivity index (χ2n) is 4.86. The van der Waals surface area contributed by atoms with Gasteiger partial charge in [0.05, 0.1) is 29.6 Å². The fourth-order valence-corrected chi connectivity index (χ4v) is 4.10. The average Bonchev–Trinajstić information content (AvgIpc) is 2.94. The summed E-state index contributed by atoms with van der Waals surface area (Å²) in [6.45, 7) is 0. The lowest BCUT2D eigenvalue weighted by Crippen LogP contribution is -2.11. The van der Waals surface area contributed by atoms with Crippen LogP contribution >= 0.6 is 34.5 Å². The zero-order valence-corrected chi connectivity index (χ0v) is 15.2. The quantitative estimate of drug-likeness (QED) is 0.650. The van der Waals surface area contributed by atoms with Crippen LogP contribution in [0, 0.1) is 0 Å². The van der Waals surface area contributed by atoms with E-state index in [1.54, 1.807) is 31.4 Å². The minimum Gasteiger partial charge on any atom is -0.495 e. The van der Waals surface area contributed by atoms with E-state index in [0.717, 1.165) is 5.39 Å². The van der Waals surface area contributed by atoms with Crippen LogP contribution in [0.3, 0.4) is 0 Å². The normalized spacial score (nSPS) is 10.7. The zero-order valence-electron chi connectivity index (χ0n) is 12.9. The summed E-state index contributed by atoms with van der Waals surface area (Å²) in [5.74, 6) is 0.794. The Labute approximate surface area is 152 Å². The van der Waals surface area contributed by atoms with Gasteiger partial charge in [-0.15, -0.1) is 11.3 Å². The monoisotopic (exact) mass is 381 g/mol. The van der Waals surface area contributed by atoms with E-state index in [1.807, 2.05) is 12.1 Å². The van der Waals surface area contributed by atoms with Crippen molar-refractivity contribution in [2.75, 3.05) is 19.5 Å². The number of halogens is 2. The van der Waals surface area contributed by atoms with Crippen molar-refractivity contribution in [1.29, 1.82) is 0 Å². The van der Waals surface area contributed by atoms with Crippen molar-refractivity contribution >= 4 is 56.2 Å². The topological polar surface area (TPSA) is 47.6 Å². The van der Waals surface area contributed by atoms with Gasteiger partial charge in [0.1, 0.15) is 21.4 Å². The number of fused-ring (bicyclic) bond motifs is 1. The molecule has 1 heterocycles. The molecular formula is C17H13Cl2NO3S. The minimum atomic E-state index is -0.319. The Morgan fingerprint density at radius 1 is 1.00 bits per heavy atom. The van der Waals surface area contributed by atoms with Crippen molar-refractivity contribution in [2.45, 2.75) is 0 Å². The predicted octanol–water partition coefficient (Wildman–Crippen LogP) is 5.48. The van der Waals surface area contributed by atoms with Crippen molar-refractivity contribution < 1.29 is 14.3 Å². The third kappa shape index (κ3) is 2.90. The van der Waals surface area contributed by atoms with Gasteiger partial charge in [-0.1, -0.05) is 35.3 Å². The number of carbonyl (C=O) groups excluding carboxylic acids is 1. The molecule has 24 heavy (non-hydrogen) atoms. The number of hydrogen-bond acceptors (Lipinski definition) is 4. The smallest absolute Gasteiger partial charge is 0.267 e. The van der Waals surface area contributed by atoms with E-state index in [9.17, 15) is 4.79 Å². The molecule has 0 fully saturated rings. The number of benzene rings is 2. The van der Waals surface area contributed by atoms with Crippen LogP contribution in [0.1, 0.15) is 9.67 Å². The Bertz CT molecular complexity index is 924. The number of nitrogens with one attached hydrogen (secondary N) is 1. The molecule has 2 aromatic carbocycles. The van der Waals surface area contributed by atoms with E-state index in [1.165, 1.54) is 18.4 Å². The van der Waals surface area contributed by atoms with Crippen molar-refractivity contribution in [2.24, 2.45) is 0 Å². The van der Waals surface area contributed by atoms with Crippen LogP contribution in [0.25, 0.3) is 10.1 Å². The van der Waals surface area contributed by atoms with Crippen LogP contribution in [0.15, 0.2) is 36.4 Å². The summed E-state index contributed by atoms with van der Waals surface area (Å²) in [7, 11) is 3.08. The van der Waals surface area contributed by atoms with Crippen LogP contribution in [-0.2, 0) is 0 Å². The molecule has 0 spiro atoms. The van der Waals surface area contributed by atoms with E-state index in [2.05, 4.69) is 5.32 Å². The second-order valence-corrected chi connectivity index (χ2v) is 6.63. The molecule has 0 saturated carbocycles. The molecule has 0 atom stereocenters. The summed E-state index contributed by atoms with van der Waals surface area (Å²) in [5, 5.41) is 4.35. The van der Waals surface area contributed by atoms with E-state index in [4.69, 9.17) is 32.7 Å². The fraction of sp³-hybridized carbons (Fsp3) is 0.118. The Morgan fingerprint density at radius 3 is 2.42 bits per heavy atom. The van der Waals surface area contributed by atoms with Gasteiger partial charge in [0.25, 0.3) is 5.91 Å². The van der Waals surface area contributed by atoms with Gasteiger partial charge in [-0.25, -0.2) is 0 Å². The maximum absolute atomic E-state index is 12.6. The molecule has 0 aliphatic heterocycles. The van der Waals surface area contributed by atoms with Gasteiger partial charge in [0.15, 0.2) is 0 Å². The molecule has 1 amide bonds. The van der Waals surface area contributed by atoms with Gasteiger partial charge in [0, 0.05) is 5.39 Å². The van der Waals surface area contributed by atoms with E-state index >= 15 is 0 Å². The van der Waals surface area contributed by atoms with Crippen molar-refractivity contribution in [1.82, 2.24) is 0 Å². The molecular weight excluding hydrogens is 369 g/mol. The van der Waals surface area contributed by atoms with Crippen LogP contribution in [0.5, 0.6) is 11.5 Å². The van der Waals surface area contributed by atoms with Gasteiger partial charge in [0.2, 0.25) is 0 Å². The number of anilines is 1. The second kappa shape index (κ2) is 6.89. The first-order valence-electron chi connectivity index (χ1n) is 6.95. The molecule has 0 aliphatic rings. The Balaban J connectivity index is 2.01. The molecule has 0 radical (unpaired) electrons. The molecule has 124 valence electrons. The summed E-state index contributed by atoms with van der Waals surface area (Å²) in [6.07, 6.45) is 0. The maximum Gasteiger partial charge on any atom is 0.267 e. The molecule has 0 saturated heterocycles. The van der Waals surface area contributed by atoms with Gasteiger partial charge in [-0.3, -0.25) is 4.79 Å². The summed E-state index contributed by atoms with van der Waals surface area (Å²) in [4.78, 5) is 13.0. The predicted molar refractivity (Wildman–Crippen MR) is 99.3 cm³/mol. The highest BCUT2D eigenvalue weighted by atomic mass is 35.5. The Kier molecular flexibility index (Phi) is 4.85. The third-order valence-corrected chi connectivity index (χ3v) is 5.70. The van der Waals surface area contributed by atoms with Gasteiger partial charge in [-0.05, 0) is 24.3 Å². The van der Waals surface area contributed by atoms with Crippen LogP contribution < -0.4 is 14.8 Å². The highest BCUT2D eigenvalue weighted by Gasteiger charge is 2.21. The maximum atomic E-state index is 12.6. The lowest BCUT2D eigenvalue weighted by Gasteiger charge is -2.08. The van der Waals surface area contributed by atoms with Crippen molar-refractivity contribution in [3.63, 3.8) is 0 Å². The number of thiophene rings is 1.